The van der Waals surface area contributed by atoms with Gasteiger partial charge in [0.25, 0.3) is 0 Å². The summed E-state index contributed by atoms with van der Waals surface area (Å²) in [6.07, 6.45) is 0. The standard InChI is InChI=1S/C16H16O2S/c1-12-5-2-3-7-15(12)11-19-10-13-6-4-8-14(9-13)16(17)18/h2-9H,10-11H2,1H3,(H,17,18). The summed E-state index contributed by atoms with van der Waals surface area (Å²) in [7, 11) is 0. The number of carboxylic acid groups (broad SMARTS) is 1. The van der Waals surface area contributed by atoms with Gasteiger partial charge in [-0.15, -0.1) is 0 Å². The van der Waals surface area contributed by atoms with Crippen molar-refractivity contribution in [3.05, 3.63) is 70.8 Å². The fourth-order valence-corrected chi connectivity index (χ4v) is 2.91. The highest BCUT2D eigenvalue weighted by Gasteiger charge is 2.03. The Balaban J connectivity index is 1.94. The number of rotatable bonds is 5. The summed E-state index contributed by atoms with van der Waals surface area (Å²) >= 11 is 1.80. The monoisotopic (exact) mass is 272 g/mol. The van der Waals surface area contributed by atoms with Gasteiger partial charge in [-0.05, 0) is 35.7 Å². The van der Waals surface area contributed by atoms with Crippen LogP contribution in [0.25, 0.3) is 0 Å². The molecule has 0 aliphatic heterocycles. The summed E-state index contributed by atoms with van der Waals surface area (Å²) < 4.78 is 0. The highest BCUT2D eigenvalue weighted by atomic mass is 32.2. The summed E-state index contributed by atoms with van der Waals surface area (Å²) in [6, 6.07) is 15.5. The Bertz CT molecular complexity index is 578. The third kappa shape index (κ3) is 3.86. The van der Waals surface area contributed by atoms with Crippen LogP contribution in [0.5, 0.6) is 0 Å². The quantitative estimate of drug-likeness (QED) is 0.889. The third-order valence-electron chi connectivity index (χ3n) is 2.96. The first-order valence-electron chi connectivity index (χ1n) is 6.11. The Morgan fingerprint density at radius 2 is 1.89 bits per heavy atom. The second kappa shape index (κ2) is 6.43. The van der Waals surface area contributed by atoms with E-state index in [2.05, 4.69) is 19.1 Å². The lowest BCUT2D eigenvalue weighted by Gasteiger charge is -2.06. The summed E-state index contributed by atoms with van der Waals surface area (Å²) in [6.45, 7) is 2.11. The van der Waals surface area contributed by atoms with Crippen molar-refractivity contribution in [3.8, 4) is 0 Å². The molecule has 0 aromatic heterocycles. The average molecular weight is 272 g/mol. The Labute approximate surface area is 117 Å². The Morgan fingerprint density at radius 1 is 1.11 bits per heavy atom. The minimum absolute atomic E-state index is 0.356. The summed E-state index contributed by atoms with van der Waals surface area (Å²) in [5, 5.41) is 8.94. The normalized spacial score (nSPS) is 10.4. The van der Waals surface area contributed by atoms with Crippen molar-refractivity contribution >= 4 is 17.7 Å². The number of carbonyl (C=O) groups is 1. The van der Waals surface area contributed by atoms with E-state index in [0.717, 1.165) is 17.1 Å². The van der Waals surface area contributed by atoms with E-state index in [4.69, 9.17) is 5.11 Å². The Hall–Kier alpha value is -1.74. The first kappa shape index (κ1) is 13.7. The largest absolute Gasteiger partial charge is 0.478 e. The number of benzene rings is 2. The number of carboxylic acids is 1. The molecule has 98 valence electrons. The number of hydrogen-bond acceptors (Lipinski definition) is 2. The number of hydrogen-bond donors (Lipinski definition) is 1. The highest BCUT2D eigenvalue weighted by molar-refractivity contribution is 7.97. The van der Waals surface area contributed by atoms with Crippen molar-refractivity contribution in [1.29, 1.82) is 0 Å². The second-order valence-corrected chi connectivity index (χ2v) is 5.41. The Kier molecular flexibility index (Phi) is 4.63. The molecule has 3 heteroatoms. The summed E-state index contributed by atoms with van der Waals surface area (Å²) in [4.78, 5) is 10.9. The molecule has 0 unspecified atom stereocenters. The first-order chi connectivity index (χ1) is 9.16. The van der Waals surface area contributed by atoms with Crippen LogP contribution >= 0.6 is 11.8 Å². The van der Waals surface area contributed by atoms with Gasteiger partial charge in [-0.2, -0.15) is 11.8 Å². The topological polar surface area (TPSA) is 37.3 Å². The molecular formula is C16H16O2S. The number of thioether (sulfide) groups is 1. The zero-order valence-corrected chi connectivity index (χ0v) is 11.6. The number of aromatic carboxylic acids is 1. The van der Waals surface area contributed by atoms with Crippen molar-refractivity contribution in [2.45, 2.75) is 18.4 Å². The minimum atomic E-state index is -0.870. The lowest BCUT2D eigenvalue weighted by atomic mass is 10.1. The van der Waals surface area contributed by atoms with Crippen LogP contribution in [0, 0.1) is 6.92 Å². The molecular weight excluding hydrogens is 256 g/mol. The first-order valence-corrected chi connectivity index (χ1v) is 7.27. The van der Waals surface area contributed by atoms with Crippen molar-refractivity contribution in [3.63, 3.8) is 0 Å². The molecule has 0 heterocycles. The maximum Gasteiger partial charge on any atom is 0.335 e. The fraction of sp³-hybridized carbons (Fsp3) is 0.188. The molecule has 2 aromatic rings. The zero-order valence-electron chi connectivity index (χ0n) is 10.8. The average Bonchev–Trinajstić information content (AvgIpc) is 2.41. The van der Waals surface area contributed by atoms with E-state index >= 15 is 0 Å². The van der Waals surface area contributed by atoms with E-state index in [0.29, 0.717) is 5.56 Å². The van der Waals surface area contributed by atoms with Gasteiger partial charge < -0.3 is 5.11 Å². The van der Waals surface area contributed by atoms with Gasteiger partial charge in [0.15, 0.2) is 0 Å². The van der Waals surface area contributed by atoms with Crippen LogP contribution in [0.3, 0.4) is 0 Å². The molecule has 0 amide bonds. The third-order valence-corrected chi connectivity index (χ3v) is 4.01. The van der Waals surface area contributed by atoms with Crippen LogP contribution in [0.2, 0.25) is 0 Å². The molecule has 2 aromatic carbocycles. The van der Waals surface area contributed by atoms with Gasteiger partial charge in [0.05, 0.1) is 5.56 Å². The summed E-state index contributed by atoms with van der Waals surface area (Å²) in [5.74, 6) is 0.908. The second-order valence-electron chi connectivity index (χ2n) is 4.42. The van der Waals surface area contributed by atoms with E-state index in [1.165, 1.54) is 11.1 Å². The van der Waals surface area contributed by atoms with Gasteiger partial charge in [-0.1, -0.05) is 36.4 Å². The molecule has 0 saturated heterocycles. The minimum Gasteiger partial charge on any atom is -0.478 e. The van der Waals surface area contributed by atoms with Crippen molar-refractivity contribution in [1.82, 2.24) is 0 Å². The number of aryl methyl sites for hydroxylation is 1. The van der Waals surface area contributed by atoms with E-state index in [1.54, 1.807) is 30.0 Å². The predicted octanol–water partition coefficient (Wildman–Crippen LogP) is 4.13. The smallest absolute Gasteiger partial charge is 0.335 e. The van der Waals surface area contributed by atoms with Crippen LogP contribution in [-0.4, -0.2) is 11.1 Å². The van der Waals surface area contributed by atoms with Crippen LogP contribution in [0.15, 0.2) is 48.5 Å². The SMILES string of the molecule is Cc1ccccc1CSCc1cccc(C(=O)O)c1. The van der Waals surface area contributed by atoms with Crippen LogP contribution in [0.4, 0.5) is 0 Å². The maximum absolute atomic E-state index is 10.9. The van der Waals surface area contributed by atoms with Gasteiger partial charge in [-0.25, -0.2) is 4.79 Å². The Morgan fingerprint density at radius 3 is 2.63 bits per heavy atom. The van der Waals surface area contributed by atoms with E-state index in [1.807, 2.05) is 18.2 Å². The van der Waals surface area contributed by atoms with Crippen molar-refractivity contribution in [2.75, 3.05) is 0 Å². The lowest BCUT2D eigenvalue weighted by Crippen LogP contribution is -1.96. The summed E-state index contributed by atoms with van der Waals surface area (Å²) in [5.41, 5.74) is 4.05. The molecule has 0 radical (unpaired) electrons. The van der Waals surface area contributed by atoms with Crippen molar-refractivity contribution in [2.24, 2.45) is 0 Å². The molecule has 0 atom stereocenters. The fourth-order valence-electron chi connectivity index (χ4n) is 1.85. The van der Waals surface area contributed by atoms with Gasteiger partial charge >= 0.3 is 5.97 Å². The maximum atomic E-state index is 10.9. The molecule has 1 N–H and O–H groups in total. The lowest BCUT2D eigenvalue weighted by molar-refractivity contribution is 0.0697. The molecule has 2 nitrogen and oxygen atoms in total. The van der Waals surface area contributed by atoms with Gasteiger partial charge in [-0.3, -0.25) is 0 Å². The molecule has 0 bridgehead atoms. The highest BCUT2D eigenvalue weighted by Crippen LogP contribution is 2.20. The molecule has 0 spiro atoms. The molecule has 2 rings (SSSR count). The van der Waals surface area contributed by atoms with E-state index < -0.39 is 5.97 Å². The predicted molar refractivity (Wildman–Crippen MR) is 79.6 cm³/mol. The van der Waals surface area contributed by atoms with E-state index in [-0.39, 0.29) is 0 Å². The van der Waals surface area contributed by atoms with Crippen molar-refractivity contribution < 1.29 is 9.90 Å². The van der Waals surface area contributed by atoms with Gasteiger partial charge in [0, 0.05) is 11.5 Å². The van der Waals surface area contributed by atoms with Crippen LogP contribution < -0.4 is 0 Å². The van der Waals surface area contributed by atoms with Crippen LogP contribution in [-0.2, 0) is 11.5 Å². The van der Waals surface area contributed by atoms with E-state index in [9.17, 15) is 4.79 Å². The molecule has 0 fully saturated rings. The molecule has 0 saturated carbocycles. The van der Waals surface area contributed by atoms with Crippen LogP contribution in [0.1, 0.15) is 27.0 Å². The molecule has 0 aliphatic carbocycles. The van der Waals surface area contributed by atoms with Gasteiger partial charge in [0.1, 0.15) is 0 Å². The van der Waals surface area contributed by atoms with Gasteiger partial charge in [0.2, 0.25) is 0 Å². The molecule has 0 aliphatic rings. The zero-order chi connectivity index (χ0) is 13.7. The molecule has 19 heavy (non-hydrogen) atoms.